The van der Waals surface area contributed by atoms with Gasteiger partial charge in [0.1, 0.15) is 5.82 Å². The van der Waals surface area contributed by atoms with Crippen molar-refractivity contribution in [1.29, 1.82) is 0 Å². The number of nitrogens with zero attached hydrogens (tertiary/aromatic N) is 3. The van der Waals surface area contributed by atoms with E-state index in [1.807, 2.05) is 25.1 Å². The molecule has 2 fully saturated rings. The molecule has 0 spiro atoms. The zero-order chi connectivity index (χ0) is 18.8. The van der Waals surface area contributed by atoms with Gasteiger partial charge in [-0.25, -0.2) is 0 Å². The highest BCUT2D eigenvalue weighted by Crippen LogP contribution is 2.49. The molecule has 2 aliphatic rings. The van der Waals surface area contributed by atoms with Crippen molar-refractivity contribution in [2.75, 3.05) is 5.75 Å². The van der Waals surface area contributed by atoms with Crippen LogP contribution in [0.25, 0.3) is 0 Å². The van der Waals surface area contributed by atoms with E-state index in [0.717, 1.165) is 29.4 Å². The van der Waals surface area contributed by atoms with Gasteiger partial charge in [-0.15, -0.1) is 10.2 Å². The summed E-state index contributed by atoms with van der Waals surface area (Å²) in [5, 5.41) is 12.5. The van der Waals surface area contributed by atoms with Gasteiger partial charge in [0.25, 0.3) is 0 Å². The Hall–Kier alpha value is -1.82. The molecule has 1 amide bonds. The lowest BCUT2D eigenvalue weighted by molar-refractivity contribution is -0.119. The summed E-state index contributed by atoms with van der Waals surface area (Å²) < 4.78 is 2.08. The van der Waals surface area contributed by atoms with Crippen molar-refractivity contribution >= 4 is 17.7 Å². The van der Waals surface area contributed by atoms with Crippen molar-refractivity contribution in [3.63, 3.8) is 0 Å². The Kier molecular flexibility index (Phi) is 5.53. The van der Waals surface area contributed by atoms with Gasteiger partial charge in [0, 0.05) is 6.04 Å². The number of nitrogens with one attached hydrogen (secondary N) is 1. The fourth-order valence-electron chi connectivity index (χ4n) is 4.86. The van der Waals surface area contributed by atoms with E-state index in [1.54, 1.807) is 0 Å². The molecule has 4 rings (SSSR count). The third kappa shape index (κ3) is 4.21. The van der Waals surface area contributed by atoms with Crippen LogP contribution in [0.5, 0.6) is 0 Å². The lowest BCUT2D eigenvalue weighted by Gasteiger charge is -2.28. The van der Waals surface area contributed by atoms with Gasteiger partial charge in [-0.2, -0.15) is 0 Å². The first kappa shape index (κ1) is 18.5. The zero-order valence-electron chi connectivity index (χ0n) is 16.1. The molecule has 0 aliphatic heterocycles. The maximum absolute atomic E-state index is 12.5. The number of benzene rings is 1. The molecule has 0 radical (unpaired) electrons. The Balaban J connectivity index is 1.31. The summed E-state index contributed by atoms with van der Waals surface area (Å²) in [6, 6.07) is 10.5. The van der Waals surface area contributed by atoms with Gasteiger partial charge in [0.05, 0.1) is 12.3 Å². The predicted molar refractivity (Wildman–Crippen MR) is 108 cm³/mol. The van der Waals surface area contributed by atoms with Crippen LogP contribution in [0.15, 0.2) is 35.5 Å². The lowest BCUT2D eigenvalue weighted by Crippen LogP contribution is -2.40. The number of aryl methyl sites for hydroxylation is 1. The minimum absolute atomic E-state index is 0.0992. The van der Waals surface area contributed by atoms with Gasteiger partial charge in [-0.05, 0) is 56.4 Å². The van der Waals surface area contributed by atoms with Gasteiger partial charge in [-0.1, -0.05) is 48.5 Å². The number of rotatable bonds is 7. The van der Waals surface area contributed by atoms with E-state index >= 15 is 0 Å². The predicted octanol–water partition coefficient (Wildman–Crippen LogP) is 3.67. The number of aromatic nitrogens is 3. The first-order valence-electron chi connectivity index (χ1n) is 9.96. The van der Waals surface area contributed by atoms with Crippen LogP contribution in [0, 0.1) is 24.7 Å². The van der Waals surface area contributed by atoms with E-state index in [-0.39, 0.29) is 11.9 Å². The standard InChI is InChI=1S/C21H28N4OS/c1-14(19-11-17-8-9-18(19)10-17)22-20(26)13-27-21-24-23-15(2)25(21)12-16-6-4-3-5-7-16/h3-7,14,17-19H,8-13H2,1-2H3,(H,22,26)/t14-,17+,18+,19+/m0/s1. The monoisotopic (exact) mass is 384 g/mol. The van der Waals surface area contributed by atoms with Crippen molar-refractivity contribution in [2.24, 2.45) is 17.8 Å². The minimum Gasteiger partial charge on any atom is -0.353 e. The molecule has 1 aromatic heterocycles. The van der Waals surface area contributed by atoms with Gasteiger partial charge in [-0.3, -0.25) is 4.79 Å². The van der Waals surface area contributed by atoms with E-state index in [2.05, 4.69) is 39.1 Å². The number of carbonyl (C=O) groups is 1. The molecule has 2 aliphatic carbocycles. The minimum atomic E-state index is 0.0992. The van der Waals surface area contributed by atoms with Crippen LogP contribution in [0.4, 0.5) is 0 Å². The van der Waals surface area contributed by atoms with Crippen LogP contribution >= 0.6 is 11.8 Å². The third-order valence-electron chi connectivity index (χ3n) is 6.24. The topological polar surface area (TPSA) is 59.8 Å². The molecule has 1 heterocycles. The van der Waals surface area contributed by atoms with Gasteiger partial charge in [0.2, 0.25) is 5.91 Å². The molecule has 1 aromatic carbocycles. The second kappa shape index (κ2) is 8.05. The number of thioether (sulfide) groups is 1. The summed E-state index contributed by atoms with van der Waals surface area (Å²) in [5.74, 6) is 3.77. The van der Waals surface area contributed by atoms with Crippen molar-refractivity contribution < 1.29 is 4.79 Å². The molecular formula is C21H28N4OS. The van der Waals surface area contributed by atoms with Crippen LogP contribution in [-0.4, -0.2) is 32.5 Å². The molecular weight excluding hydrogens is 356 g/mol. The highest BCUT2D eigenvalue weighted by Gasteiger charge is 2.42. The van der Waals surface area contributed by atoms with Gasteiger partial charge in [0.15, 0.2) is 5.16 Å². The summed E-state index contributed by atoms with van der Waals surface area (Å²) in [6.45, 7) is 4.86. The van der Waals surface area contributed by atoms with Crippen molar-refractivity contribution in [1.82, 2.24) is 20.1 Å². The Morgan fingerprint density at radius 2 is 2.07 bits per heavy atom. The largest absolute Gasteiger partial charge is 0.353 e. The van der Waals surface area contributed by atoms with Gasteiger partial charge >= 0.3 is 0 Å². The van der Waals surface area contributed by atoms with Crippen LogP contribution in [0.2, 0.25) is 0 Å². The molecule has 0 unspecified atom stereocenters. The third-order valence-corrected chi connectivity index (χ3v) is 7.21. The van der Waals surface area contributed by atoms with Crippen LogP contribution in [-0.2, 0) is 11.3 Å². The molecule has 2 bridgehead atoms. The Morgan fingerprint density at radius 3 is 2.78 bits per heavy atom. The Morgan fingerprint density at radius 1 is 1.26 bits per heavy atom. The quantitative estimate of drug-likeness (QED) is 0.740. The smallest absolute Gasteiger partial charge is 0.230 e. The van der Waals surface area contributed by atoms with Crippen molar-refractivity contribution in [3.8, 4) is 0 Å². The maximum Gasteiger partial charge on any atom is 0.230 e. The Labute approximate surface area is 165 Å². The molecule has 27 heavy (non-hydrogen) atoms. The van der Waals surface area contributed by atoms with Crippen LogP contribution in [0.3, 0.4) is 0 Å². The van der Waals surface area contributed by atoms with Crippen molar-refractivity contribution in [3.05, 3.63) is 41.7 Å². The number of hydrogen-bond acceptors (Lipinski definition) is 4. The van der Waals surface area contributed by atoms with E-state index < -0.39 is 0 Å². The molecule has 5 nitrogen and oxygen atoms in total. The summed E-state index contributed by atoms with van der Waals surface area (Å²) >= 11 is 1.47. The van der Waals surface area contributed by atoms with E-state index in [4.69, 9.17) is 0 Å². The van der Waals surface area contributed by atoms with Crippen LogP contribution < -0.4 is 5.32 Å². The second-order valence-corrected chi connectivity index (χ2v) is 9.03. The summed E-state index contributed by atoms with van der Waals surface area (Å²) in [4.78, 5) is 12.5. The summed E-state index contributed by atoms with van der Waals surface area (Å²) in [7, 11) is 0. The fourth-order valence-corrected chi connectivity index (χ4v) is 5.65. The number of hydrogen-bond donors (Lipinski definition) is 1. The molecule has 2 saturated carbocycles. The molecule has 0 saturated heterocycles. The molecule has 6 heteroatoms. The lowest BCUT2D eigenvalue weighted by atomic mass is 9.84. The summed E-state index contributed by atoms with van der Waals surface area (Å²) in [6.07, 6.45) is 5.42. The average Bonchev–Trinajstić information content (AvgIpc) is 3.38. The molecule has 2 aromatic rings. The molecule has 1 N–H and O–H groups in total. The number of carbonyl (C=O) groups excluding carboxylic acids is 1. The first-order valence-corrected chi connectivity index (χ1v) is 10.9. The highest BCUT2D eigenvalue weighted by atomic mass is 32.2. The van der Waals surface area contributed by atoms with E-state index in [9.17, 15) is 4.79 Å². The SMILES string of the molecule is Cc1nnc(SCC(=O)N[C@@H](C)[C@H]2C[C@@H]3CC[C@@H]2C3)n1Cc1ccccc1. The number of fused-ring (bicyclic) bond motifs is 2. The second-order valence-electron chi connectivity index (χ2n) is 8.09. The fraction of sp³-hybridized carbons (Fsp3) is 0.571. The van der Waals surface area contributed by atoms with Gasteiger partial charge < -0.3 is 9.88 Å². The Bertz CT molecular complexity index is 791. The first-order chi connectivity index (χ1) is 13.1. The van der Waals surface area contributed by atoms with Crippen LogP contribution in [0.1, 0.15) is 44.0 Å². The number of amides is 1. The van der Waals surface area contributed by atoms with Crippen molar-refractivity contribution in [2.45, 2.75) is 57.3 Å². The zero-order valence-corrected chi connectivity index (χ0v) is 16.9. The normalized spacial score (nSPS) is 24.9. The summed E-state index contributed by atoms with van der Waals surface area (Å²) in [5.41, 5.74) is 1.21. The highest BCUT2D eigenvalue weighted by molar-refractivity contribution is 7.99. The molecule has 144 valence electrons. The maximum atomic E-state index is 12.5. The molecule has 4 atom stereocenters. The average molecular weight is 385 g/mol. The van der Waals surface area contributed by atoms with E-state index in [1.165, 1.54) is 43.0 Å². The van der Waals surface area contributed by atoms with E-state index in [0.29, 0.717) is 11.7 Å².